The van der Waals surface area contributed by atoms with Crippen LogP contribution in [0.4, 0.5) is 0 Å². The van der Waals surface area contributed by atoms with Crippen molar-refractivity contribution in [3.05, 3.63) is 35.9 Å². The maximum atomic E-state index is 12.2. The van der Waals surface area contributed by atoms with Crippen LogP contribution in [0.25, 0.3) is 0 Å². The van der Waals surface area contributed by atoms with Gasteiger partial charge >= 0.3 is 0 Å². The minimum Gasteiger partial charge on any atom is -0.299 e. The van der Waals surface area contributed by atoms with Crippen molar-refractivity contribution in [2.75, 3.05) is 0 Å². The fourth-order valence-corrected chi connectivity index (χ4v) is 2.98. The number of rotatable bonds is 0. The molecule has 1 aliphatic rings. The molecule has 2 rings (SSSR count). The lowest BCUT2D eigenvalue weighted by molar-refractivity contribution is -0.129. The summed E-state index contributed by atoms with van der Waals surface area (Å²) in [6, 6.07) is 10.0. The fourth-order valence-electron chi connectivity index (χ4n) is 2.98. The Hall–Kier alpha value is -1.55. The summed E-state index contributed by atoms with van der Waals surface area (Å²) >= 11 is 0. The Balaban J connectivity index is 2.22. The van der Waals surface area contributed by atoms with E-state index in [1.807, 2.05) is 30.3 Å². The van der Waals surface area contributed by atoms with Gasteiger partial charge in [-0.25, -0.2) is 0 Å². The molecule has 2 atom stereocenters. The summed E-state index contributed by atoms with van der Waals surface area (Å²) in [6.07, 6.45) is 2.76. The molecule has 0 heterocycles. The van der Waals surface area contributed by atoms with Crippen LogP contribution in [-0.2, 0) is 4.79 Å². The van der Waals surface area contributed by atoms with Crippen LogP contribution >= 0.6 is 0 Å². The first-order chi connectivity index (χ1) is 8.98. The van der Waals surface area contributed by atoms with Gasteiger partial charge in [0.05, 0.1) is 0 Å². The third-order valence-corrected chi connectivity index (χ3v) is 3.80. The molecule has 1 aromatic carbocycles. The van der Waals surface area contributed by atoms with Gasteiger partial charge in [0.1, 0.15) is 5.78 Å². The highest BCUT2D eigenvalue weighted by molar-refractivity contribution is 5.83. The molecule has 0 bridgehead atoms. The molecule has 0 aromatic heterocycles. The van der Waals surface area contributed by atoms with E-state index in [0.717, 1.165) is 24.8 Å². The Morgan fingerprint density at radius 2 is 1.84 bits per heavy atom. The lowest BCUT2D eigenvalue weighted by Crippen LogP contribution is -2.37. The zero-order valence-electron chi connectivity index (χ0n) is 12.1. The Kier molecular flexibility index (Phi) is 4.10. The molecule has 0 amide bonds. The van der Waals surface area contributed by atoms with Crippen molar-refractivity contribution in [2.24, 2.45) is 17.3 Å². The van der Waals surface area contributed by atoms with Gasteiger partial charge in [-0.05, 0) is 30.4 Å². The molecule has 1 nitrogen and oxygen atoms in total. The van der Waals surface area contributed by atoms with Crippen molar-refractivity contribution in [1.29, 1.82) is 0 Å². The second-order valence-corrected chi connectivity index (χ2v) is 6.44. The first-order valence-corrected chi connectivity index (χ1v) is 7.08. The van der Waals surface area contributed by atoms with Gasteiger partial charge in [0, 0.05) is 23.8 Å². The van der Waals surface area contributed by atoms with Crippen molar-refractivity contribution in [2.45, 2.75) is 40.0 Å². The third kappa shape index (κ3) is 3.47. The van der Waals surface area contributed by atoms with Crippen LogP contribution in [0.5, 0.6) is 0 Å². The van der Waals surface area contributed by atoms with E-state index in [1.54, 1.807) is 0 Å². The summed E-state index contributed by atoms with van der Waals surface area (Å²) in [4.78, 5) is 12.2. The highest BCUT2D eigenvalue weighted by Crippen LogP contribution is 2.39. The largest absolute Gasteiger partial charge is 0.299 e. The molecule has 1 aromatic rings. The highest BCUT2D eigenvalue weighted by Gasteiger charge is 2.39. The number of carbonyl (C=O) groups is 1. The topological polar surface area (TPSA) is 17.1 Å². The lowest BCUT2D eigenvalue weighted by Gasteiger charge is -2.36. The van der Waals surface area contributed by atoms with Crippen LogP contribution in [0, 0.1) is 29.1 Å². The van der Waals surface area contributed by atoms with Gasteiger partial charge in [0.15, 0.2) is 0 Å². The minimum absolute atomic E-state index is 0.00748. The average molecular weight is 254 g/mol. The first kappa shape index (κ1) is 13.9. The van der Waals surface area contributed by atoms with E-state index >= 15 is 0 Å². The summed E-state index contributed by atoms with van der Waals surface area (Å²) in [6.45, 7) is 6.45. The van der Waals surface area contributed by atoms with Crippen molar-refractivity contribution in [1.82, 2.24) is 0 Å². The number of ketones is 1. The second-order valence-electron chi connectivity index (χ2n) is 6.44. The Morgan fingerprint density at radius 3 is 2.47 bits per heavy atom. The van der Waals surface area contributed by atoms with Crippen molar-refractivity contribution >= 4 is 5.78 Å². The third-order valence-electron chi connectivity index (χ3n) is 3.80. The van der Waals surface area contributed by atoms with E-state index in [2.05, 4.69) is 32.6 Å². The maximum absolute atomic E-state index is 12.2. The lowest BCUT2D eigenvalue weighted by atomic mass is 9.66. The van der Waals surface area contributed by atoms with Gasteiger partial charge in [0.25, 0.3) is 0 Å². The number of carbonyl (C=O) groups excluding carboxylic acids is 1. The summed E-state index contributed by atoms with van der Waals surface area (Å²) in [5.74, 6) is 7.27. The van der Waals surface area contributed by atoms with Gasteiger partial charge in [-0.15, -0.1) is 0 Å². The summed E-state index contributed by atoms with van der Waals surface area (Å²) in [5, 5.41) is 0. The Labute approximate surface area is 116 Å². The van der Waals surface area contributed by atoms with E-state index < -0.39 is 0 Å². The van der Waals surface area contributed by atoms with Gasteiger partial charge in [-0.2, -0.15) is 0 Å². The number of hydrogen-bond acceptors (Lipinski definition) is 1. The highest BCUT2D eigenvalue weighted by atomic mass is 16.1. The second kappa shape index (κ2) is 5.61. The van der Waals surface area contributed by atoms with Gasteiger partial charge in [0.2, 0.25) is 0 Å². The molecular weight excluding hydrogens is 232 g/mol. The Morgan fingerprint density at radius 1 is 1.16 bits per heavy atom. The molecule has 1 fully saturated rings. The van der Waals surface area contributed by atoms with Gasteiger partial charge in [-0.1, -0.05) is 50.8 Å². The zero-order chi connectivity index (χ0) is 13.9. The molecule has 100 valence electrons. The van der Waals surface area contributed by atoms with E-state index in [-0.39, 0.29) is 17.3 Å². The van der Waals surface area contributed by atoms with Crippen LogP contribution in [0.2, 0.25) is 0 Å². The molecule has 1 aliphatic carbocycles. The van der Waals surface area contributed by atoms with Crippen molar-refractivity contribution in [3.8, 4) is 11.8 Å². The molecule has 19 heavy (non-hydrogen) atoms. The van der Waals surface area contributed by atoms with E-state index in [1.165, 1.54) is 0 Å². The molecular formula is C18H22O. The maximum Gasteiger partial charge on any atom is 0.137 e. The monoisotopic (exact) mass is 254 g/mol. The molecule has 0 N–H and O–H groups in total. The van der Waals surface area contributed by atoms with Crippen LogP contribution < -0.4 is 0 Å². The normalized spacial score (nSPS) is 23.6. The predicted octanol–water partition coefficient (Wildman–Crippen LogP) is 4.07. The standard InChI is InChI=1S/C18H22O/c1-18(2,3)17-15(10-7-11-16(17)19)13-12-14-8-5-4-6-9-14/h4-6,8-9,15,17H,7,10-11H2,1-3H3/t15-,17+/m1/s1. The van der Waals surface area contributed by atoms with Crippen molar-refractivity contribution in [3.63, 3.8) is 0 Å². The van der Waals surface area contributed by atoms with Crippen LogP contribution in [-0.4, -0.2) is 5.78 Å². The van der Waals surface area contributed by atoms with E-state index in [4.69, 9.17) is 0 Å². The van der Waals surface area contributed by atoms with Gasteiger partial charge in [-0.3, -0.25) is 4.79 Å². The molecule has 0 spiro atoms. The van der Waals surface area contributed by atoms with Gasteiger partial charge < -0.3 is 0 Å². The predicted molar refractivity (Wildman–Crippen MR) is 78.6 cm³/mol. The summed E-state index contributed by atoms with van der Waals surface area (Å²) in [7, 11) is 0. The number of Topliss-reactive ketones (excluding diaryl/α,β-unsaturated/α-hetero) is 1. The minimum atomic E-state index is 0.00748. The van der Waals surface area contributed by atoms with E-state index in [9.17, 15) is 4.79 Å². The molecule has 0 unspecified atom stereocenters. The molecule has 0 saturated heterocycles. The average Bonchev–Trinajstić information content (AvgIpc) is 2.36. The quantitative estimate of drug-likeness (QED) is 0.638. The zero-order valence-corrected chi connectivity index (χ0v) is 12.1. The number of benzene rings is 1. The van der Waals surface area contributed by atoms with Crippen molar-refractivity contribution < 1.29 is 4.79 Å². The number of hydrogen-bond donors (Lipinski definition) is 0. The van der Waals surface area contributed by atoms with Crippen LogP contribution in [0.3, 0.4) is 0 Å². The first-order valence-electron chi connectivity index (χ1n) is 7.08. The summed E-state index contributed by atoms with van der Waals surface area (Å²) < 4.78 is 0. The molecule has 1 saturated carbocycles. The summed E-state index contributed by atoms with van der Waals surface area (Å²) in [5.41, 5.74) is 1.04. The Bertz CT molecular complexity index is 496. The van der Waals surface area contributed by atoms with E-state index in [0.29, 0.717) is 5.78 Å². The van der Waals surface area contributed by atoms with Crippen LogP contribution in [0.1, 0.15) is 45.6 Å². The molecule has 1 heteroatoms. The van der Waals surface area contributed by atoms with Crippen LogP contribution in [0.15, 0.2) is 30.3 Å². The SMILES string of the molecule is CC(C)(C)[C@@H]1C(=O)CCC[C@@H]1C#Cc1ccccc1. The fraction of sp³-hybridized carbons (Fsp3) is 0.500. The smallest absolute Gasteiger partial charge is 0.137 e. The molecule has 0 aliphatic heterocycles. The molecule has 0 radical (unpaired) electrons.